The molecule has 72 heavy (non-hydrogen) atoms. The smallest absolute Gasteiger partial charge is 0.132 e. The second kappa shape index (κ2) is 15.1. The van der Waals surface area contributed by atoms with Crippen LogP contribution in [0.15, 0.2) is 259 Å². The summed E-state index contributed by atoms with van der Waals surface area (Å²) in [6.45, 7) is 0. The summed E-state index contributed by atoms with van der Waals surface area (Å²) in [6.07, 6.45) is 0. The largest absolute Gasteiger partial charge is 0.457 e. The van der Waals surface area contributed by atoms with Gasteiger partial charge in [0.2, 0.25) is 0 Å². The molecule has 0 saturated carbocycles. The summed E-state index contributed by atoms with van der Waals surface area (Å²) in [5.74, 6) is 1.78. The van der Waals surface area contributed by atoms with Gasteiger partial charge in [-0.3, -0.25) is 0 Å². The Hall–Kier alpha value is -8.41. The molecule has 0 radical (unpaired) electrons. The Morgan fingerprint density at radius 2 is 0.861 bits per heavy atom. The van der Waals surface area contributed by atoms with Crippen LogP contribution in [0, 0.1) is 0 Å². The number of anilines is 3. The normalized spacial score (nSPS) is 14.4. The Bertz CT molecular complexity index is 4170. The molecule has 1 aromatic heterocycles. The number of hydrogen-bond acceptors (Lipinski definition) is 4. The van der Waals surface area contributed by atoms with Crippen molar-refractivity contribution in [2.45, 2.75) is 20.6 Å². The third-order valence-corrected chi connectivity index (χ3v) is 18.4. The molecule has 0 amide bonds. The first-order valence-electron chi connectivity index (χ1n) is 24.7. The summed E-state index contributed by atoms with van der Waals surface area (Å²) in [5, 5.41) is 2.62. The van der Waals surface area contributed by atoms with Crippen molar-refractivity contribution in [1.29, 1.82) is 0 Å². The average molecular weight is 952 g/mol. The summed E-state index contributed by atoms with van der Waals surface area (Å²) in [4.78, 5) is 5.14. The van der Waals surface area contributed by atoms with E-state index in [-0.39, 0.29) is 0 Å². The summed E-state index contributed by atoms with van der Waals surface area (Å²) < 4.78 is 9.38. The van der Waals surface area contributed by atoms with Crippen molar-refractivity contribution >= 4 is 60.3 Å². The molecule has 3 heterocycles. The monoisotopic (exact) mass is 951 g/mol. The standard InChI is InChI=1S/C68H41NOS2/c1-4-22-51-46(17-1)50-41-44(39-40-53(50)67(51)56-26-8-13-33-63(56)71-64-34-14-9-27-57(64)67)69(43-37-35-42(36-38-43)45-20-15-21-48-47-18-3-12-32-62(47)72-66(45)48)59-29-16-28-58-65(59)49-19-2-5-23-52(49)68(58)54-24-6-10-30-60(54)70-61-31-11-7-25-55(61)68/h1-41H. The fourth-order valence-corrected chi connectivity index (χ4v) is 15.7. The van der Waals surface area contributed by atoms with E-state index in [4.69, 9.17) is 4.74 Å². The Balaban J connectivity index is 0.958. The van der Waals surface area contributed by atoms with E-state index in [0.717, 1.165) is 39.7 Å². The fourth-order valence-electron chi connectivity index (χ4n) is 13.2. The van der Waals surface area contributed by atoms with E-state index in [0.29, 0.717) is 0 Å². The summed E-state index contributed by atoms with van der Waals surface area (Å²) in [5.41, 5.74) is 19.9. The minimum atomic E-state index is -0.602. The van der Waals surface area contributed by atoms with Crippen molar-refractivity contribution in [1.82, 2.24) is 0 Å². The van der Waals surface area contributed by atoms with Gasteiger partial charge in [0.1, 0.15) is 11.5 Å². The number of nitrogens with zero attached hydrogens (tertiary/aromatic N) is 1. The second-order valence-corrected chi connectivity index (χ2v) is 21.5. The molecule has 2 aliphatic heterocycles. The average Bonchev–Trinajstić information content (AvgIpc) is 4.07. The summed E-state index contributed by atoms with van der Waals surface area (Å²) in [7, 11) is 0. The zero-order chi connectivity index (χ0) is 47.1. The van der Waals surface area contributed by atoms with Crippen LogP contribution in [-0.2, 0) is 10.8 Å². The van der Waals surface area contributed by atoms with Gasteiger partial charge in [-0.15, -0.1) is 11.3 Å². The molecule has 2 spiro atoms. The lowest BCUT2D eigenvalue weighted by Crippen LogP contribution is -2.32. The molecular formula is C68H41NOS2. The molecule has 2 aliphatic carbocycles. The molecule has 0 saturated heterocycles. The number of rotatable bonds is 4. The number of hydrogen-bond donors (Lipinski definition) is 0. The maximum absolute atomic E-state index is 6.75. The van der Waals surface area contributed by atoms with Gasteiger partial charge in [0.15, 0.2) is 0 Å². The lowest BCUT2D eigenvalue weighted by atomic mass is 9.66. The van der Waals surface area contributed by atoms with E-state index in [9.17, 15) is 0 Å². The SMILES string of the molecule is c1ccc2c(c1)Oc1ccccc1C21c2ccccc2-c2c(N(c3ccc(-c4cccc5c4sc4ccccc45)cc3)c3ccc4c(c3)-c3ccccc3C43c4ccccc4Sc4ccccc43)cccc21. The molecule has 336 valence electrons. The maximum atomic E-state index is 6.75. The zero-order valence-corrected chi connectivity index (χ0v) is 40.5. The van der Waals surface area contributed by atoms with Crippen LogP contribution < -0.4 is 9.64 Å². The fraction of sp³-hybridized carbons (Fsp3) is 0.0294. The molecule has 0 N–H and O–H groups in total. The van der Waals surface area contributed by atoms with Crippen LogP contribution in [0.1, 0.15) is 44.5 Å². The summed E-state index contributed by atoms with van der Waals surface area (Å²) >= 11 is 3.77. The topological polar surface area (TPSA) is 12.5 Å². The molecular weight excluding hydrogens is 911 g/mol. The number of benzene rings is 11. The van der Waals surface area contributed by atoms with Crippen LogP contribution in [0.4, 0.5) is 17.1 Å². The second-order valence-electron chi connectivity index (χ2n) is 19.4. The lowest BCUT2D eigenvalue weighted by molar-refractivity contribution is 0.436. The maximum Gasteiger partial charge on any atom is 0.132 e. The molecule has 12 aromatic rings. The Kier molecular flexibility index (Phi) is 8.43. The first-order chi connectivity index (χ1) is 35.7. The third kappa shape index (κ3) is 5.25. The van der Waals surface area contributed by atoms with Crippen molar-refractivity contribution in [3.63, 3.8) is 0 Å². The van der Waals surface area contributed by atoms with Crippen LogP contribution in [0.5, 0.6) is 11.5 Å². The summed E-state index contributed by atoms with van der Waals surface area (Å²) in [6, 6.07) is 92.8. The molecule has 0 bridgehead atoms. The molecule has 4 heteroatoms. The van der Waals surface area contributed by atoms with E-state index in [2.05, 4.69) is 254 Å². The highest BCUT2D eigenvalue weighted by Crippen LogP contribution is 2.66. The van der Waals surface area contributed by atoms with E-state index in [1.165, 1.54) is 96.7 Å². The Morgan fingerprint density at radius 3 is 1.60 bits per heavy atom. The number of thiophene rings is 1. The van der Waals surface area contributed by atoms with Gasteiger partial charge >= 0.3 is 0 Å². The van der Waals surface area contributed by atoms with E-state index in [1.807, 2.05) is 23.1 Å². The van der Waals surface area contributed by atoms with Crippen molar-refractivity contribution in [2.24, 2.45) is 0 Å². The van der Waals surface area contributed by atoms with Gasteiger partial charge in [-0.1, -0.05) is 200 Å². The number of ether oxygens (including phenoxy) is 1. The van der Waals surface area contributed by atoms with Crippen molar-refractivity contribution in [2.75, 3.05) is 4.90 Å². The van der Waals surface area contributed by atoms with Gasteiger partial charge in [0.25, 0.3) is 0 Å². The van der Waals surface area contributed by atoms with Gasteiger partial charge in [-0.2, -0.15) is 0 Å². The third-order valence-electron chi connectivity index (χ3n) is 16.0. The van der Waals surface area contributed by atoms with Gasteiger partial charge in [0, 0.05) is 58.0 Å². The highest BCUT2D eigenvalue weighted by molar-refractivity contribution is 7.99. The van der Waals surface area contributed by atoms with E-state index < -0.39 is 10.8 Å². The molecule has 2 nitrogen and oxygen atoms in total. The highest BCUT2D eigenvalue weighted by atomic mass is 32.2. The predicted molar refractivity (Wildman–Crippen MR) is 298 cm³/mol. The van der Waals surface area contributed by atoms with Crippen LogP contribution in [0.25, 0.3) is 53.6 Å². The molecule has 0 atom stereocenters. The number of fused-ring (bicyclic) bond motifs is 21. The van der Waals surface area contributed by atoms with Crippen molar-refractivity contribution < 1.29 is 4.74 Å². The van der Waals surface area contributed by atoms with Crippen LogP contribution in [-0.4, -0.2) is 0 Å². The first kappa shape index (κ1) is 40.3. The minimum absolute atomic E-state index is 0.466. The Morgan fingerprint density at radius 1 is 0.347 bits per heavy atom. The van der Waals surface area contributed by atoms with E-state index in [1.54, 1.807) is 0 Å². The minimum Gasteiger partial charge on any atom is -0.457 e. The quantitative estimate of drug-likeness (QED) is 0.174. The van der Waals surface area contributed by atoms with Crippen molar-refractivity contribution in [3.05, 3.63) is 293 Å². The molecule has 16 rings (SSSR count). The van der Waals surface area contributed by atoms with Crippen LogP contribution in [0.3, 0.4) is 0 Å². The van der Waals surface area contributed by atoms with Crippen LogP contribution >= 0.6 is 23.1 Å². The lowest BCUT2D eigenvalue weighted by Gasteiger charge is -2.40. The molecule has 4 aliphatic rings. The molecule has 0 unspecified atom stereocenters. The van der Waals surface area contributed by atoms with Gasteiger partial charge in [0.05, 0.1) is 16.5 Å². The molecule has 0 fully saturated rings. The number of para-hydroxylation sites is 2. The van der Waals surface area contributed by atoms with Crippen molar-refractivity contribution in [3.8, 4) is 44.9 Å². The highest BCUT2D eigenvalue weighted by Gasteiger charge is 2.53. The molecule has 11 aromatic carbocycles. The van der Waals surface area contributed by atoms with E-state index >= 15 is 0 Å². The van der Waals surface area contributed by atoms with Crippen LogP contribution in [0.2, 0.25) is 0 Å². The zero-order valence-electron chi connectivity index (χ0n) is 38.8. The van der Waals surface area contributed by atoms with Gasteiger partial charge in [-0.25, -0.2) is 0 Å². The first-order valence-corrected chi connectivity index (χ1v) is 26.4. The predicted octanol–water partition coefficient (Wildman–Crippen LogP) is 18.5. The van der Waals surface area contributed by atoms with Gasteiger partial charge < -0.3 is 9.64 Å². The Labute approximate surface area is 426 Å². The van der Waals surface area contributed by atoms with Gasteiger partial charge in [-0.05, 0) is 122 Å².